The van der Waals surface area contributed by atoms with Crippen LogP contribution in [0.15, 0.2) is 39.7 Å². The second-order valence-electron chi connectivity index (χ2n) is 4.04. The molecule has 4 nitrogen and oxygen atoms in total. The largest absolute Gasteiger partial charge is 0.399 e. The monoisotopic (exact) mass is 380 g/mol. The molecule has 0 radical (unpaired) electrons. The van der Waals surface area contributed by atoms with Crippen molar-refractivity contribution in [1.29, 1.82) is 0 Å². The minimum Gasteiger partial charge on any atom is -0.399 e. The van der Waals surface area contributed by atoms with Crippen molar-refractivity contribution in [2.24, 2.45) is 0 Å². The summed E-state index contributed by atoms with van der Waals surface area (Å²) in [5, 5.41) is 0. The summed E-state index contributed by atoms with van der Waals surface area (Å²) in [6.45, 7) is 0. The number of hydrogen-bond acceptors (Lipinski definition) is 3. The molecule has 9 heteroatoms. The Balaban J connectivity index is 2.47. The number of halogens is 4. The van der Waals surface area contributed by atoms with Gasteiger partial charge in [0.05, 0.1) is 5.69 Å². The van der Waals surface area contributed by atoms with E-state index in [-0.39, 0.29) is 10.2 Å². The van der Waals surface area contributed by atoms with Gasteiger partial charge in [0.1, 0.15) is 16.5 Å². The van der Waals surface area contributed by atoms with Crippen LogP contribution >= 0.6 is 15.9 Å². The Kier molecular flexibility index (Phi) is 4.15. The quantitative estimate of drug-likeness (QED) is 0.802. The average Bonchev–Trinajstić information content (AvgIpc) is 2.33. The van der Waals surface area contributed by atoms with Crippen molar-refractivity contribution in [1.82, 2.24) is 0 Å². The lowest BCUT2D eigenvalue weighted by molar-refractivity contribution is 0.568. The van der Waals surface area contributed by atoms with Crippen molar-refractivity contribution >= 4 is 37.3 Å². The molecule has 0 aliphatic heterocycles. The average molecular weight is 381 g/mol. The highest BCUT2D eigenvalue weighted by Crippen LogP contribution is 2.29. The van der Waals surface area contributed by atoms with Gasteiger partial charge >= 0.3 is 0 Å². The fraction of sp³-hybridized carbons (Fsp3) is 0. The van der Waals surface area contributed by atoms with Gasteiger partial charge in [0.15, 0.2) is 5.82 Å². The lowest BCUT2D eigenvalue weighted by Crippen LogP contribution is -2.16. The molecule has 3 N–H and O–H groups in total. The molecule has 112 valence electrons. The van der Waals surface area contributed by atoms with Crippen molar-refractivity contribution in [3.8, 4) is 0 Å². The Bertz CT molecular complexity index is 789. The van der Waals surface area contributed by atoms with E-state index in [1.165, 1.54) is 6.07 Å². The third-order valence-electron chi connectivity index (χ3n) is 2.49. The lowest BCUT2D eigenvalue weighted by Gasteiger charge is -2.11. The normalized spacial score (nSPS) is 11.4. The molecular weight excluding hydrogens is 373 g/mol. The predicted octanol–water partition coefficient (Wildman–Crippen LogP) is 3.25. The van der Waals surface area contributed by atoms with Crippen LogP contribution in [0.4, 0.5) is 24.5 Å². The van der Waals surface area contributed by atoms with Crippen LogP contribution in [-0.4, -0.2) is 8.42 Å². The first-order valence-electron chi connectivity index (χ1n) is 5.43. The second-order valence-corrected chi connectivity index (χ2v) is 6.54. The summed E-state index contributed by atoms with van der Waals surface area (Å²) in [5.74, 6) is -3.11. The van der Waals surface area contributed by atoms with Gasteiger partial charge in [-0.25, -0.2) is 21.6 Å². The van der Waals surface area contributed by atoms with Gasteiger partial charge in [0.2, 0.25) is 0 Å². The van der Waals surface area contributed by atoms with Gasteiger partial charge in [-0.05, 0) is 40.2 Å². The third-order valence-corrected chi connectivity index (χ3v) is 4.50. The number of nitrogens with one attached hydrogen (secondary N) is 1. The van der Waals surface area contributed by atoms with E-state index in [1.807, 2.05) is 4.72 Å². The molecule has 21 heavy (non-hydrogen) atoms. The van der Waals surface area contributed by atoms with Crippen LogP contribution in [0, 0.1) is 17.5 Å². The summed E-state index contributed by atoms with van der Waals surface area (Å²) < 4.78 is 66.0. The lowest BCUT2D eigenvalue weighted by atomic mass is 10.3. The van der Waals surface area contributed by atoms with E-state index in [4.69, 9.17) is 5.73 Å². The van der Waals surface area contributed by atoms with E-state index in [9.17, 15) is 21.6 Å². The Morgan fingerprint density at radius 2 is 1.71 bits per heavy atom. The van der Waals surface area contributed by atoms with Gasteiger partial charge in [-0.1, -0.05) is 0 Å². The van der Waals surface area contributed by atoms with E-state index in [2.05, 4.69) is 15.9 Å². The predicted molar refractivity (Wildman–Crippen MR) is 75.7 cm³/mol. The maximum atomic E-state index is 13.6. The standard InChI is InChI=1S/C12H8BrF3N2O2S/c13-8-3-6(14)4-10(16)12(8)18-21(19,20)11-2-1-7(17)5-9(11)15/h1-5,18H,17H2. The summed E-state index contributed by atoms with van der Waals surface area (Å²) in [6.07, 6.45) is 0. The smallest absolute Gasteiger partial charge is 0.264 e. The van der Waals surface area contributed by atoms with Gasteiger partial charge in [-0.3, -0.25) is 4.72 Å². The summed E-state index contributed by atoms with van der Waals surface area (Å²) in [4.78, 5) is -0.702. The van der Waals surface area contributed by atoms with Crippen LogP contribution in [0.5, 0.6) is 0 Å². The van der Waals surface area contributed by atoms with Crippen LogP contribution in [0.3, 0.4) is 0 Å². The van der Waals surface area contributed by atoms with E-state index in [1.54, 1.807) is 0 Å². The third kappa shape index (κ3) is 3.30. The molecule has 0 spiro atoms. The van der Waals surface area contributed by atoms with Crippen molar-refractivity contribution < 1.29 is 21.6 Å². The minimum absolute atomic E-state index is 0.0422. The van der Waals surface area contributed by atoms with Crippen LogP contribution in [-0.2, 0) is 10.0 Å². The molecule has 0 bridgehead atoms. The Hall–Kier alpha value is -1.74. The number of nitrogen functional groups attached to an aromatic ring is 1. The Morgan fingerprint density at radius 3 is 2.29 bits per heavy atom. The number of nitrogens with two attached hydrogens (primary N) is 1. The zero-order chi connectivity index (χ0) is 15.8. The topological polar surface area (TPSA) is 72.2 Å². The molecule has 0 heterocycles. The molecule has 0 aromatic heterocycles. The number of sulfonamides is 1. The van der Waals surface area contributed by atoms with Gasteiger partial charge in [0.25, 0.3) is 10.0 Å². The van der Waals surface area contributed by atoms with Gasteiger partial charge in [-0.15, -0.1) is 0 Å². The Morgan fingerprint density at radius 1 is 1.05 bits per heavy atom. The second kappa shape index (κ2) is 5.57. The molecule has 0 amide bonds. The summed E-state index contributed by atoms with van der Waals surface area (Å²) in [7, 11) is -4.39. The van der Waals surface area contributed by atoms with E-state index >= 15 is 0 Å². The summed E-state index contributed by atoms with van der Waals surface area (Å²) in [5.41, 5.74) is 4.85. The van der Waals surface area contributed by atoms with Crippen molar-refractivity contribution in [2.45, 2.75) is 4.90 Å². The molecule has 2 aromatic rings. The van der Waals surface area contributed by atoms with Gasteiger partial charge in [0, 0.05) is 16.2 Å². The number of benzene rings is 2. The van der Waals surface area contributed by atoms with Crippen LogP contribution < -0.4 is 10.5 Å². The molecule has 0 aliphatic rings. The van der Waals surface area contributed by atoms with E-state index < -0.39 is 38.1 Å². The van der Waals surface area contributed by atoms with Crippen molar-refractivity contribution in [3.05, 3.63) is 52.3 Å². The van der Waals surface area contributed by atoms with Gasteiger partial charge in [-0.2, -0.15) is 0 Å². The molecule has 0 unspecified atom stereocenters. The van der Waals surface area contributed by atoms with Crippen LogP contribution in [0.2, 0.25) is 0 Å². The molecule has 2 rings (SSSR count). The Labute approximate surface area is 127 Å². The molecule has 0 atom stereocenters. The van der Waals surface area contributed by atoms with Crippen molar-refractivity contribution in [3.63, 3.8) is 0 Å². The summed E-state index contributed by atoms with van der Waals surface area (Å²) in [6, 6.07) is 4.34. The zero-order valence-electron chi connectivity index (χ0n) is 10.2. The maximum Gasteiger partial charge on any atom is 0.264 e. The van der Waals surface area contributed by atoms with Gasteiger partial charge < -0.3 is 5.73 Å². The highest BCUT2D eigenvalue weighted by Gasteiger charge is 2.22. The molecule has 0 fully saturated rings. The molecule has 0 saturated heterocycles. The fourth-order valence-electron chi connectivity index (χ4n) is 1.56. The first kappa shape index (κ1) is 15.6. The first-order chi connectivity index (χ1) is 9.70. The highest BCUT2D eigenvalue weighted by atomic mass is 79.9. The zero-order valence-corrected chi connectivity index (χ0v) is 12.6. The maximum absolute atomic E-state index is 13.6. The molecular formula is C12H8BrF3N2O2S. The number of rotatable bonds is 3. The number of hydrogen-bond donors (Lipinski definition) is 2. The molecule has 0 aliphatic carbocycles. The minimum atomic E-state index is -4.39. The first-order valence-corrected chi connectivity index (χ1v) is 7.71. The van der Waals surface area contributed by atoms with Crippen molar-refractivity contribution in [2.75, 3.05) is 10.5 Å². The highest BCUT2D eigenvalue weighted by molar-refractivity contribution is 9.10. The van der Waals surface area contributed by atoms with E-state index in [0.29, 0.717) is 6.07 Å². The molecule has 0 saturated carbocycles. The number of anilines is 2. The SMILES string of the molecule is Nc1ccc(S(=O)(=O)Nc2c(F)cc(F)cc2Br)c(F)c1. The summed E-state index contributed by atoms with van der Waals surface area (Å²) >= 11 is 2.83. The van der Waals surface area contributed by atoms with Crippen LogP contribution in [0.1, 0.15) is 0 Å². The fourth-order valence-corrected chi connectivity index (χ4v) is 3.35. The van der Waals surface area contributed by atoms with Crippen LogP contribution in [0.25, 0.3) is 0 Å². The van der Waals surface area contributed by atoms with E-state index in [0.717, 1.165) is 18.2 Å². The molecule has 2 aromatic carbocycles.